The minimum Gasteiger partial charge on any atom is -0.370 e. The van der Waals surface area contributed by atoms with Gasteiger partial charge in [0.15, 0.2) is 0 Å². The van der Waals surface area contributed by atoms with Crippen molar-refractivity contribution in [2.24, 2.45) is 0 Å². The first-order valence-corrected chi connectivity index (χ1v) is 8.37. The summed E-state index contributed by atoms with van der Waals surface area (Å²) in [5.41, 5.74) is 0.608. The molecule has 1 heterocycles. The largest absolute Gasteiger partial charge is 0.370 e. The van der Waals surface area contributed by atoms with E-state index in [2.05, 4.69) is 35.7 Å². The van der Waals surface area contributed by atoms with E-state index in [1.54, 1.807) is 18.3 Å². The molecule has 1 rings (SSSR count). The quantitative estimate of drug-likeness (QED) is 0.773. The highest BCUT2D eigenvalue weighted by Gasteiger charge is 2.26. The lowest BCUT2D eigenvalue weighted by Gasteiger charge is -2.29. The molecule has 20 heavy (non-hydrogen) atoms. The van der Waals surface area contributed by atoms with Gasteiger partial charge in [-0.1, -0.05) is 13.8 Å². The molecule has 0 saturated heterocycles. The summed E-state index contributed by atoms with van der Waals surface area (Å²) >= 11 is 1.82. The maximum absolute atomic E-state index is 12.3. The molecule has 4 nitrogen and oxygen atoms in total. The number of hydrogen-bond donors (Lipinski definition) is 2. The van der Waals surface area contributed by atoms with Crippen molar-refractivity contribution in [1.29, 1.82) is 0 Å². The van der Waals surface area contributed by atoms with Gasteiger partial charge in [0.1, 0.15) is 5.82 Å². The van der Waals surface area contributed by atoms with Crippen LogP contribution in [0.3, 0.4) is 0 Å². The van der Waals surface area contributed by atoms with Crippen molar-refractivity contribution in [3.63, 3.8) is 0 Å². The molecule has 112 valence electrons. The number of anilines is 1. The molecule has 0 aliphatic heterocycles. The van der Waals surface area contributed by atoms with Crippen molar-refractivity contribution in [2.45, 2.75) is 38.4 Å². The molecule has 1 aromatic heterocycles. The Morgan fingerprint density at radius 1 is 1.35 bits per heavy atom. The summed E-state index contributed by atoms with van der Waals surface area (Å²) in [6, 6.07) is 3.59. The molecule has 1 amide bonds. The summed E-state index contributed by atoms with van der Waals surface area (Å²) in [5.74, 6) is 0.588. The van der Waals surface area contributed by atoms with Gasteiger partial charge in [0.25, 0.3) is 5.91 Å². The molecular formula is C15H25N3OS. The zero-order chi connectivity index (χ0) is 15.0. The fourth-order valence-electron chi connectivity index (χ4n) is 2.09. The van der Waals surface area contributed by atoms with Gasteiger partial charge in [-0.25, -0.2) is 4.98 Å². The van der Waals surface area contributed by atoms with Gasteiger partial charge in [-0.3, -0.25) is 4.79 Å². The highest BCUT2D eigenvalue weighted by atomic mass is 32.2. The average molecular weight is 295 g/mol. The zero-order valence-corrected chi connectivity index (χ0v) is 13.6. The normalized spacial score (nSPS) is 11.2. The van der Waals surface area contributed by atoms with Crippen LogP contribution in [0.15, 0.2) is 18.3 Å². The molecule has 0 aliphatic carbocycles. The summed E-state index contributed by atoms with van der Waals surface area (Å²) < 4.78 is 0.121. The first kappa shape index (κ1) is 16.8. The molecule has 0 bridgehead atoms. The molecular weight excluding hydrogens is 270 g/mol. The Balaban J connectivity index is 2.76. The van der Waals surface area contributed by atoms with Crippen LogP contribution in [0, 0.1) is 0 Å². The Morgan fingerprint density at radius 3 is 2.60 bits per heavy atom. The Hall–Kier alpha value is -1.23. The monoisotopic (exact) mass is 295 g/mol. The molecule has 0 fully saturated rings. The third-order valence-electron chi connectivity index (χ3n) is 3.69. The highest BCUT2D eigenvalue weighted by molar-refractivity contribution is 8.00. The Bertz CT molecular complexity index is 425. The van der Waals surface area contributed by atoms with Gasteiger partial charge >= 0.3 is 0 Å². The molecule has 2 N–H and O–H groups in total. The van der Waals surface area contributed by atoms with Gasteiger partial charge in [-0.15, -0.1) is 0 Å². The maximum Gasteiger partial charge on any atom is 0.255 e. The van der Waals surface area contributed by atoms with Crippen LogP contribution in [-0.4, -0.2) is 35.0 Å². The van der Waals surface area contributed by atoms with Crippen LogP contribution in [-0.2, 0) is 0 Å². The molecule has 0 aromatic carbocycles. The number of carbonyl (C=O) groups excluding carboxylic acids is 1. The van der Waals surface area contributed by atoms with Gasteiger partial charge < -0.3 is 10.6 Å². The van der Waals surface area contributed by atoms with Crippen molar-refractivity contribution in [1.82, 2.24) is 10.3 Å². The third-order valence-corrected chi connectivity index (χ3v) is 5.28. The number of hydrogen-bond acceptors (Lipinski definition) is 4. The minimum absolute atomic E-state index is 0.0608. The molecule has 1 aromatic rings. The van der Waals surface area contributed by atoms with Gasteiger partial charge in [0, 0.05) is 24.0 Å². The van der Waals surface area contributed by atoms with Crippen LogP contribution in [0.1, 0.15) is 44.0 Å². The number of rotatable bonds is 8. The lowest BCUT2D eigenvalue weighted by molar-refractivity contribution is 0.0949. The second-order valence-corrected chi connectivity index (χ2v) is 5.98. The number of thioether (sulfide) groups is 1. The van der Waals surface area contributed by atoms with Crippen molar-refractivity contribution in [2.75, 3.05) is 24.7 Å². The SMILES string of the molecule is CCNc1ncccc1C(=O)NCC(CC)(CC)SC. The van der Waals surface area contributed by atoms with E-state index in [0.717, 1.165) is 19.4 Å². The van der Waals surface area contributed by atoms with Gasteiger partial charge in [-0.2, -0.15) is 11.8 Å². The van der Waals surface area contributed by atoms with Gasteiger partial charge in [-0.05, 0) is 38.2 Å². The molecule has 5 heteroatoms. The molecule has 0 aliphatic rings. The summed E-state index contributed by atoms with van der Waals surface area (Å²) in [7, 11) is 0. The fourth-order valence-corrected chi connectivity index (χ4v) is 2.89. The lowest BCUT2D eigenvalue weighted by Crippen LogP contribution is -2.39. The highest BCUT2D eigenvalue weighted by Crippen LogP contribution is 2.29. The Labute approximate surface area is 126 Å². The predicted octanol–water partition coefficient (Wildman–Crippen LogP) is 3.17. The summed E-state index contributed by atoms with van der Waals surface area (Å²) in [6.07, 6.45) is 5.88. The van der Waals surface area contributed by atoms with Crippen molar-refractivity contribution >= 4 is 23.5 Å². The minimum atomic E-state index is -0.0608. The van der Waals surface area contributed by atoms with E-state index < -0.39 is 0 Å². The number of pyridine rings is 1. The van der Waals surface area contributed by atoms with Gasteiger partial charge in [0.2, 0.25) is 0 Å². The standard InChI is InChI=1S/C15H25N3OS/c1-5-15(6-2,20-4)11-18-14(19)12-9-8-10-17-13(12)16-7-3/h8-10H,5-7,11H2,1-4H3,(H,16,17)(H,18,19). The molecule has 0 atom stereocenters. The van der Waals surface area contributed by atoms with Crippen molar-refractivity contribution in [3.8, 4) is 0 Å². The van der Waals surface area contributed by atoms with E-state index in [1.165, 1.54) is 0 Å². The number of amides is 1. The number of aromatic nitrogens is 1. The number of carbonyl (C=O) groups is 1. The molecule has 0 saturated carbocycles. The fraction of sp³-hybridized carbons (Fsp3) is 0.600. The topological polar surface area (TPSA) is 54.0 Å². The van der Waals surface area contributed by atoms with Crippen LogP contribution < -0.4 is 10.6 Å². The van der Waals surface area contributed by atoms with E-state index in [1.807, 2.05) is 18.7 Å². The van der Waals surface area contributed by atoms with Crippen molar-refractivity contribution in [3.05, 3.63) is 23.9 Å². The second kappa shape index (κ2) is 8.15. The van der Waals surface area contributed by atoms with E-state index in [-0.39, 0.29) is 10.7 Å². The third kappa shape index (κ3) is 4.13. The van der Waals surface area contributed by atoms with Crippen LogP contribution in [0.2, 0.25) is 0 Å². The molecule has 0 unspecified atom stereocenters. The smallest absolute Gasteiger partial charge is 0.255 e. The average Bonchev–Trinajstić information content (AvgIpc) is 2.50. The van der Waals surface area contributed by atoms with E-state index >= 15 is 0 Å². The Morgan fingerprint density at radius 2 is 2.05 bits per heavy atom. The predicted molar refractivity (Wildman–Crippen MR) is 87.6 cm³/mol. The zero-order valence-electron chi connectivity index (χ0n) is 12.8. The Kier molecular flexibility index (Phi) is 6.85. The van der Waals surface area contributed by atoms with Crippen molar-refractivity contribution < 1.29 is 4.79 Å². The number of nitrogens with one attached hydrogen (secondary N) is 2. The van der Waals surface area contributed by atoms with Crippen LogP contribution >= 0.6 is 11.8 Å². The van der Waals surface area contributed by atoms with E-state index in [4.69, 9.17) is 0 Å². The first-order valence-electron chi connectivity index (χ1n) is 7.14. The summed E-state index contributed by atoms with van der Waals surface area (Å²) in [5, 5.41) is 6.17. The van der Waals surface area contributed by atoms with Gasteiger partial charge in [0.05, 0.1) is 5.56 Å². The van der Waals surface area contributed by atoms with Crippen LogP contribution in [0.4, 0.5) is 5.82 Å². The molecule has 0 spiro atoms. The second-order valence-electron chi connectivity index (χ2n) is 4.71. The van der Waals surface area contributed by atoms with Crippen LogP contribution in [0.25, 0.3) is 0 Å². The summed E-state index contributed by atoms with van der Waals surface area (Å²) in [6.45, 7) is 7.75. The van der Waals surface area contributed by atoms with Crippen LogP contribution in [0.5, 0.6) is 0 Å². The molecule has 0 radical (unpaired) electrons. The van der Waals surface area contributed by atoms with E-state index in [0.29, 0.717) is 17.9 Å². The number of nitrogens with zero attached hydrogens (tertiary/aromatic N) is 1. The maximum atomic E-state index is 12.3. The van der Waals surface area contributed by atoms with E-state index in [9.17, 15) is 4.79 Å². The lowest BCUT2D eigenvalue weighted by atomic mass is 10.0. The summed E-state index contributed by atoms with van der Waals surface area (Å²) in [4.78, 5) is 16.6. The first-order chi connectivity index (χ1) is 9.62.